The SMILES string of the molecule is O=[N+]([O-])c1ccc(Cl)c(C=Nc2cccc3ccccc23)c1. The second-order valence-corrected chi connectivity index (χ2v) is 5.13. The zero-order valence-corrected chi connectivity index (χ0v) is 12.2. The van der Waals surface area contributed by atoms with Gasteiger partial charge in [-0.3, -0.25) is 15.1 Å². The predicted octanol–water partition coefficient (Wildman–Crippen LogP) is 5.15. The van der Waals surface area contributed by atoms with Gasteiger partial charge in [0, 0.05) is 34.3 Å². The first-order chi connectivity index (χ1) is 10.6. The normalized spacial score (nSPS) is 11.1. The van der Waals surface area contributed by atoms with Crippen molar-refractivity contribution in [3.63, 3.8) is 0 Å². The number of rotatable bonds is 3. The van der Waals surface area contributed by atoms with Gasteiger partial charge in [-0.05, 0) is 17.5 Å². The molecule has 0 fully saturated rings. The first-order valence-corrected chi connectivity index (χ1v) is 6.99. The molecule has 22 heavy (non-hydrogen) atoms. The fraction of sp³-hybridized carbons (Fsp3) is 0. The lowest BCUT2D eigenvalue weighted by atomic mass is 10.1. The molecule has 5 heteroatoms. The molecule has 0 aliphatic heterocycles. The molecule has 0 radical (unpaired) electrons. The Kier molecular flexibility index (Phi) is 3.85. The molecule has 0 N–H and O–H groups in total. The van der Waals surface area contributed by atoms with Crippen LogP contribution in [-0.2, 0) is 0 Å². The highest BCUT2D eigenvalue weighted by atomic mass is 35.5. The molecule has 0 aliphatic carbocycles. The highest BCUT2D eigenvalue weighted by Gasteiger charge is 2.08. The number of fused-ring (bicyclic) bond motifs is 1. The van der Waals surface area contributed by atoms with Gasteiger partial charge in [-0.15, -0.1) is 0 Å². The van der Waals surface area contributed by atoms with Crippen molar-refractivity contribution in [3.8, 4) is 0 Å². The van der Waals surface area contributed by atoms with Gasteiger partial charge < -0.3 is 0 Å². The minimum Gasteiger partial charge on any atom is -0.258 e. The minimum absolute atomic E-state index is 0.0104. The third-order valence-corrected chi connectivity index (χ3v) is 3.64. The number of hydrogen-bond acceptors (Lipinski definition) is 3. The van der Waals surface area contributed by atoms with E-state index in [1.807, 2.05) is 42.5 Å². The van der Waals surface area contributed by atoms with Crippen LogP contribution in [0.25, 0.3) is 10.8 Å². The van der Waals surface area contributed by atoms with Crippen LogP contribution in [0.1, 0.15) is 5.56 Å². The second-order valence-electron chi connectivity index (χ2n) is 4.72. The molecule has 0 amide bonds. The number of aliphatic imine (C=N–C) groups is 1. The lowest BCUT2D eigenvalue weighted by molar-refractivity contribution is -0.384. The monoisotopic (exact) mass is 310 g/mol. The third kappa shape index (κ3) is 2.82. The van der Waals surface area contributed by atoms with Crippen LogP contribution in [0.5, 0.6) is 0 Å². The molecular formula is C17H11ClN2O2. The highest BCUT2D eigenvalue weighted by molar-refractivity contribution is 6.33. The Morgan fingerprint density at radius 2 is 1.82 bits per heavy atom. The molecule has 0 bridgehead atoms. The molecule has 0 aromatic heterocycles. The highest BCUT2D eigenvalue weighted by Crippen LogP contribution is 2.26. The van der Waals surface area contributed by atoms with Crippen LogP contribution >= 0.6 is 11.6 Å². The summed E-state index contributed by atoms with van der Waals surface area (Å²) in [6, 6.07) is 18.0. The summed E-state index contributed by atoms with van der Waals surface area (Å²) < 4.78 is 0. The minimum atomic E-state index is -0.453. The first-order valence-electron chi connectivity index (χ1n) is 6.61. The van der Waals surface area contributed by atoms with E-state index in [-0.39, 0.29) is 5.69 Å². The molecule has 0 heterocycles. The lowest BCUT2D eigenvalue weighted by Gasteiger charge is -2.02. The number of halogens is 1. The standard InChI is InChI=1S/C17H11ClN2O2/c18-16-9-8-14(20(21)22)10-13(16)11-19-17-7-3-5-12-4-1-2-6-15(12)17/h1-11H. The Morgan fingerprint density at radius 3 is 2.64 bits per heavy atom. The van der Waals surface area contributed by atoms with E-state index < -0.39 is 4.92 Å². The number of nitrogens with zero attached hydrogens (tertiary/aromatic N) is 2. The number of nitro benzene ring substituents is 1. The Hall–Kier alpha value is -2.72. The number of benzene rings is 3. The maximum Gasteiger partial charge on any atom is 0.270 e. The van der Waals surface area contributed by atoms with E-state index in [4.69, 9.17) is 11.6 Å². The van der Waals surface area contributed by atoms with Gasteiger partial charge in [0.2, 0.25) is 0 Å². The number of non-ortho nitro benzene ring substituents is 1. The van der Waals surface area contributed by atoms with E-state index in [0.717, 1.165) is 16.5 Å². The summed E-state index contributed by atoms with van der Waals surface area (Å²) in [7, 11) is 0. The molecule has 0 saturated carbocycles. The van der Waals surface area contributed by atoms with Crippen LogP contribution in [0, 0.1) is 10.1 Å². The fourth-order valence-electron chi connectivity index (χ4n) is 2.20. The fourth-order valence-corrected chi connectivity index (χ4v) is 2.37. The molecule has 3 aromatic carbocycles. The smallest absolute Gasteiger partial charge is 0.258 e. The van der Waals surface area contributed by atoms with Crippen LogP contribution in [0.2, 0.25) is 5.02 Å². The lowest BCUT2D eigenvalue weighted by Crippen LogP contribution is -1.90. The van der Waals surface area contributed by atoms with E-state index in [1.54, 1.807) is 6.21 Å². The molecule has 108 valence electrons. The van der Waals surface area contributed by atoms with Gasteiger partial charge in [-0.25, -0.2) is 0 Å². The van der Waals surface area contributed by atoms with Crippen molar-refractivity contribution in [1.82, 2.24) is 0 Å². The maximum absolute atomic E-state index is 10.8. The van der Waals surface area contributed by atoms with Crippen molar-refractivity contribution in [3.05, 3.63) is 81.4 Å². The largest absolute Gasteiger partial charge is 0.270 e. The van der Waals surface area contributed by atoms with Crippen molar-refractivity contribution in [2.75, 3.05) is 0 Å². The van der Waals surface area contributed by atoms with E-state index in [1.165, 1.54) is 18.2 Å². The summed E-state index contributed by atoms with van der Waals surface area (Å²) in [5, 5.41) is 13.4. The molecule has 3 aromatic rings. The molecule has 0 aliphatic rings. The average Bonchev–Trinajstić information content (AvgIpc) is 2.54. The Morgan fingerprint density at radius 1 is 1.05 bits per heavy atom. The number of hydrogen-bond donors (Lipinski definition) is 0. The predicted molar refractivity (Wildman–Crippen MR) is 89.3 cm³/mol. The summed E-state index contributed by atoms with van der Waals surface area (Å²) in [5.74, 6) is 0. The van der Waals surface area contributed by atoms with Crippen molar-refractivity contribution in [2.24, 2.45) is 4.99 Å². The van der Waals surface area contributed by atoms with Crippen LogP contribution in [0.4, 0.5) is 11.4 Å². The van der Waals surface area contributed by atoms with Crippen LogP contribution in [-0.4, -0.2) is 11.1 Å². The topological polar surface area (TPSA) is 55.5 Å². The van der Waals surface area contributed by atoms with Crippen molar-refractivity contribution >= 4 is 40.0 Å². The molecule has 4 nitrogen and oxygen atoms in total. The average molecular weight is 311 g/mol. The van der Waals surface area contributed by atoms with Gasteiger partial charge in [-0.1, -0.05) is 48.0 Å². The van der Waals surface area contributed by atoms with E-state index in [0.29, 0.717) is 10.6 Å². The Balaban J connectivity index is 2.03. The van der Waals surface area contributed by atoms with Crippen LogP contribution in [0.3, 0.4) is 0 Å². The molecule has 3 rings (SSSR count). The first kappa shape index (κ1) is 14.2. The number of nitro groups is 1. The maximum atomic E-state index is 10.8. The Labute approximate surface area is 131 Å². The van der Waals surface area contributed by atoms with Crippen LogP contribution in [0.15, 0.2) is 65.7 Å². The van der Waals surface area contributed by atoms with Gasteiger partial charge in [0.15, 0.2) is 0 Å². The van der Waals surface area contributed by atoms with Gasteiger partial charge in [-0.2, -0.15) is 0 Å². The zero-order chi connectivity index (χ0) is 15.5. The van der Waals surface area contributed by atoms with E-state index >= 15 is 0 Å². The Bertz CT molecular complexity index is 885. The summed E-state index contributed by atoms with van der Waals surface area (Å²) in [4.78, 5) is 14.8. The third-order valence-electron chi connectivity index (χ3n) is 3.30. The van der Waals surface area contributed by atoms with Crippen molar-refractivity contribution < 1.29 is 4.92 Å². The van der Waals surface area contributed by atoms with Gasteiger partial charge in [0.05, 0.1) is 10.6 Å². The molecule has 0 spiro atoms. The summed E-state index contributed by atoms with van der Waals surface area (Å²) in [6.07, 6.45) is 1.55. The summed E-state index contributed by atoms with van der Waals surface area (Å²) in [6.45, 7) is 0. The van der Waals surface area contributed by atoms with Crippen molar-refractivity contribution in [2.45, 2.75) is 0 Å². The second kappa shape index (κ2) is 5.95. The van der Waals surface area contributed by atoms with Gasteiger partial charge >= 0.3 is 0 Å². The van der Waals surface area contributed by atoms with Gasteiger partial charge in [0.25, 0.3) is 5.69 Å². The van der Waals surface area contributed by atoms with Crippen molar-refractivity contribution in [1.29, 1.82) is 0 Å². The van der Waals surface area contributed by atoms with E-state index in [2.05, 4.69) is 4.99 Å². The molecule has 0 saturated heterocycles. The van der Waals surface area contributed by atoms with Crippen LogP contribution < -0.4 is 0 Å². The van der Waals surface area contributed by atoms with Gasteiger partial charge in [0.1, 0.15) is 0 Å². The zero-order valence-electron chi connectivity index (χ0n) is 11.4. The molecule has 0 atom stereocenters. The summed E-state index contributed by atoms with van der Waals surface area (Å²) >= 11 is 6.07. The van der Waals surface area contributed by atoms with E-state index in [9.17, 15) is 10.1 Å². The summed E-state index contributed by atoms with van der Waals surface area (Å²) in [5.41, 5.74) is 1.30. The quantitative estimate of drug-likeness (QED) is 0.381. The molecular weight excluding hydrogens is 300 g/mol. The molecule has 0 unspecified atom stereocenters.